The molecule has 0 fully saturated rings. The summed E-state index contributed by atoms with van der Waals surface area (Å²) in [5.74, 6) is 1.23. The molecule has 0 saturated heterocycles. The van der Waals surface area contributed by atoms with E-state index in [1.165, 1.54) is 43.0 Å². The van der Waals surface area contributed by atoms with Gasteiger partial charge < -0.3 is 5.32 Å². The highest BCUT2D eigenvalue weighted by Crippen LogP contribution is 2.22. The van der Waals surface area contributed by atoms with Crippen molar-refractivity contribution in [2.45, 2.75) is 69.2 Å². The highest BCUT2D eigenvalue weighted by molar-refractivity contribution is 8.00. The molecule has 2 rings (SSSR count). The Morgan fingerprint density at radius 3 is 2.86 bits per heavy atom. The van der Waals surface area contributed by atoms with Gasteiger partial charge in [-0.1, -0.05) is 37.3 Å². The van der Waals surface area contributed by atoms with Gasteiger partial charge in [-0.05, 0) is 39.0 Å². The number of rotatable bonds is 7. The Kier molecular flexibility index (Phi) is 6.49. The molecule has 1 aromatic heterocycles. The van der Waals surface area contributed by atoms with Crippen LogP contribution in [-0.2, 0) is 4.79 Å². The van der Waals surface area contributed by atoms with Crippen LogP contribution in [0.2, 0.25) is 0 Å². The molecule has 22 heavy (non-hydrogen) atoms. The number of amides is 1. The maximum atomic E-state index is 12.1. The fraction of sp³-hybridized carbons (Fsp3) is 0.688. The lowest BCUT2D eigenvalue weighted by atomic mass is 9.97. The molecule has 1 amide bonds. The van der Waals surface area contributed by atoms with E-state index >= 15 is 0 Å². The zero-order valence-electron chi connectivity index (χ0n) is 13.7. The molecule has 1 aliphatic carbocycles. The van der Waals surface area contributed by atoms with E-state index in [9.17, 15) is 4.79 Å². The highest BCUT2D eigenvalue weighted by atomic mass is 32.2. The SMILES string of the molecule is CC(C)c1nc(S[C@H](C)C(=O)NCCC2=CCCCC2)n[nH]1. The van der Waals surface area contributed by atoms with Crippen molar-refractivity contribution in [1.82, 2.24) is 20.5 Å². The minimum atomic E-state index is -0.184. The van der Waals surface area contributed by atoms with E-state index < -0.39 is 0 Å². The maximum Gasteiger partial charge on any atom is 0.233 e. The molecule has 122 valence electrons. The first kappa shape index (κ1) is 17.1. The number of carbonyl (C=O) groups excluding carboxylic acids is 1. The van der Waals surface area contributed by atoms with Gasteiger partial charge in [0.2, 0.25) is 11.1 Å². The Hall–Kier alpha value is -1.30. The Labute approximate surface area is 136 Å². The van der Waals surface area contributed by atoms with Crippen molar-refractivity contribution in [2.75, 3.05) is 6.54 Å². The minimum Gasteiger partial charge on any atom is -0.355 e. The molecule has 0 spiro atoms. The molecule has 5 nitrogen and oxygen atoms in total. The lowest BCUT2D eigenvalue weighted by molar-refractivity contribution is -0.120. The zero-order chi connectivity index (χ0) is 15.9. The monoisotopic (exact) mass is 322 g/mol. The fourth-order valence-electron chi connectivity index (χ4n) is 2.40. The molecule has 0 aliphatic heterocycles. The van der Waals surface area contributed by atoms with Crippen molar-refractivity contribution >= 4 is 17.7 Å². The van der Waals surface area contributed by atoms with Crippen LogP contribution in [0.25, 0.3) is 0 Å². The number of H-pyrrole nitrogens is 1. The van der Waals surface area contributed by atoms with E-state index in [-0.39, 0.29) is 11.2 Å². The van der Waals surface area contributed by atoms with E-state index in [4.69, 9.17) is 0 Å². The predicted octanol–water partition coefficient (Wildman–Crippen LogP) is 3.42. The lowest BCUT2D eigenvalue weighted by Crippen LogP contribution is -2.32. The first-order chi connectivity index (χ1) is 10.6. The largest absolute Gasteiger partial charge is 0.355 e. The molecular formula is C16H26N4OS. The van der Waals surface area contributed by atoms with E-state index in [1.807, 2.05) is 6.92 Å². The van der Waals surface area contributed by atoms with E-state index in [0.29, 0.717) is 11.1 Å². The van der Waals surface area contributed by atoms with Crippen LogP contribution in [0.4, 0.5) is 0 Å². The Morgan fingerprint density at radius 1 is 1.41 bits per heavy atom. The first-order valence-electron chi connectivity index (χ1n) is 8.11. The van der Waals surface area contributed by atoms with Crippen LogP contribution in [0.3, 0.4) is 0 Å². The van der Waals surface area contributed by atoms with Gasteiger partial charge in [-0.2, -0.15) is 0 Å². The van der Waals surface area contributed by atoms with Gasteiger partial charge in [-0.25, -0.2) is 4.98 Å². The molecule has 0 unspecified atom stereocenters. The fourth-order valence-corrected chi connectivity index (χ4v) is 3.16. The van der Waals surface area contributed by atoms with Crippen LogP contribution in [0.1, 0.15) is 64.6 Å². The number of hydrogen-bond donors (Lipinski definition) is 2. The second-order valence-electron chi connectivity index (χ2n) is 6.07. The molecule has 6 heteroatoms. The summed E-state index contributed by atoms with van der Waals surface area (Å²) in [5, 5.41) is 10.5. The predicted molar refractivity (Wildman–Crippen MR) is 90.0 cm³/mol. The van der Waals surface area contributed by atoms with Gasteiger partial charge in [0.25, 0.3) is 0 Å². The summed E-state index contributed by atoms with van der Waals surface area (Å²) in [4.78, 5) is 16.5. The molecule has 0 aromatic carbocycles. The summed E-state index contributed by atoms with van der Waals surface area (Å²) < 4.78 is 0. The van der Waals surface area contributed by atoms with E-state index in [1.54, 1.807) is 0 Å². The summed E-state index contributed by atoms with van der Waals surface area (Å²) in [6.45, 7) is 6.74. The topological polar surface area (TPSA) is 70.7 Å². The third kappa shape index (κ3) is 5.16. The van der Waals surface area contributed by atoms with Crippen LogP contribution in [0.5, 0.6) is 0 Å². The Morgan fingerprint density at radius 2 is 2.23 bits per heavy atom. The number of nitrogens with one attached hydrogen (secondary N) is 2. The quantitative estimate of drug-likeness (QED) is 0.596. The van der Waals surface area contributed by atoms with E-state index in [0.717, 1.165) is 18.8 Å². The zero-order valence-corrected chi connectivity index (χ0v) is 14.5. The van der Waals surface area contributed by atoms with Gasteiger partial charge in [-0.3, -0.25) is 9.89 Å². The van der Waals surface area contributed by atoms with Crippen LogP contribution in [-0.4, -0.2) is 32.9 Å². The average Bonchev–Trinajstić information content (AvgIpc) is 2.97. The van der Waals surface area contributed by atoms with E-state index in [2.05, 4.69) is 40.4 Å². The Balaban J connectivity index is 1.73. The van der Waals surface area contributed by atoms with Crippen molar-refractivity contribution in [3.05, 3.63) is 17.5 Å². The van der Waals surface area contributed by atoms with Crippen molar-refractivity contribution < 1.29 is 4.79 Å². The number of aromatic nitrogens is 3. The van der Waals surface area contributed by atoms with Crippen LogP contribution in [0, 0.1) is 0 Å². The molecule has 2 N–H and O–H groups in total. The number of thioether (sulfide) groups is 1. The smallest absolute Gasteiger partial charge is 0.233 e. The first-order valence-corrected chi connectivity index (χ1v) is 8.99. The summed E-state index contributed by atoms with van der Waals surface area (Å²) in [7, 11) is 0. The summed E-state index contributed by atoms with van der Waals surface area (Å²) in [6, 6.07) is 0. The molecule has 1 heterocycles. The third-order valence-electron chi connectivity index (χ3n) is 3.81. The number of hydrogen-bond acceptors (Lipinski definition) is 4. The van der Waals surface area contributed by atoms with Crippen molar-refractivity contribution in [3.63, 3.8) is 0 Å². The van der Waals surface area contributed by atoms with Crippen molar-refractivity contribution in [1.29, 1.82) is 0 Å². The molecule has 1 atom stereocenters. The molecule has 1 aromatic rings. The van der Waals surface area contributed by atoms with Crippen LogP contribution < -0.4 is 5.32 Å². The van der Waals surface area contributed by atoms with Gasteiger partial charge >= 0.3 is 0 Å². The minimum absolute atomic E-state index is 0.0531. The van der Waals surface area contributed by atoms with Crippen LogP contribution in [0.15, 0.2) is 16.8 Å². The van der Waals surface area contributed by atoms with Gasteiger partial charge in [0.15, 0.2) is 0 Å². The van der Waals surface area contributed by atoms with Gasteiger partial charge in [0.1, 0.15) is 5.82 Å². The number of carbonyl (C=O) groups is 1. The van der Waals surface area contributed by atoms with Gasteiger partial charge in [0, 0.05) is 12.5 Å². The third-order valence-corrected chi connectivity index (χ3v) is 4.77. The number of aromatic amines is 1. The van der Waals surface area contributed by atoms with Gasteiger partial charge in [-0.15, -0.1) is 5.10 Å². The van der Waals surface area contributed by atoms with Gasteiger partial charge in [0.05, 0.1) is 5.25 Å². The van der Waals surface area contributed by atoms with Crippen molar-refractivity contribution in [3.8, 4) is 0 Å². The molecule has 1 aliphatic rings. The molecule has 0 saturated carbocycles. The maximum absolute atomic E-state index is 12.1. The number of allylic oxidation sites excluding steroid dienone is 1. The highest BCUT2D eigenvalue weighted by Gasteiger charge is 2.17. The Bertz CT molecular complexity index is 524. The second-order valence-corrected chi connectivity index (χ2v) is 7.38. The summed E-state index contributed by atoms with van der Waals surface area (Å²) in [6.07, 6.45) is 8.28. The van der Waals surface area contributed by atoms with Crippen molar-refractivity contribution in [2.24, 2.45) is 0 Å². The second kappa shape index (κ2) is 8.36. The normalized spacial score (nSPS) is 16.5. The molecular weight excluding hydrogens is 296 g/mol. The summed E-state index contributed by atoms with van der Waals surface area (Å²) >= 11 is 1.40. The summed E-state index contributed by atoms with van der Waals surface area (Å²) in [5.41, 5.74) is 1.49. The van der Waals surface area contributed by atoms with Crippen LogP contribution >= 0.6 is 11.8 Å². The molecule has 0 bridgehead atoms. The standard InChI is InChI=1S/C16H26N4OS/c1-11(2)14-18-16(20-19-14)22-12(3)15(21)17-10-9-13-7-5-4-6-8-13/h7,11-12H,4-6,8-10H2,1-3H3,(H,17,21)(H,18,19,20)/t12-/m1/s1. The number of nitrogens with zero attached hydrogens (tertiary/aromatic N) is 2. The average molecular weight is 322 g/mol. The molecule has 0 radical (unpaired) electrons. The lowest BCUT2D eigenvalue weighted by Gasteiger charge is -2.14.